The third-order valence-electron chi connectivity index (χ3n) is 2.11. The first-order valence-corrected chi connectivity index (χ1v) is 5.00. The number of nitrogens with one attached hydrogen (secondary N) is 1. The molecule has 16 heavy (non-hydrogen) atoms. The Morgan fingerprint density at radius 1 is 1.56 bits per heavy atom. The highest BCUT2D eigenvalue weighted by Crippen LogP contribution is 1.94. The molecule has 2 aromatic rings. The highest BCUT2D eigenvalue weighted by Gasteiger charge is 2.06. The molecule has 0 aliphatic carbocycles. The van der Waals surface area contributed by atoms with Gasteiger partial charge in [0.05, 0.1) is 6.33 Å². The Morgan fingerprint density at radius 3 is 3.19 bits per heavy atom. The van der Waals surface area contributed by atoms with Crippen LogP contribution in [0.15, 0.2) is 35.6 Å². The van der Waals surface area contributed by atoms with Crippen molar-refractivity contribution in [1.82, 2.24) is 20.0 Å². The molecule has 0 radical (unpaired) electrons. The van der Waals surface area contributed by atoms with Crippen molar-refractivity contribution in [2.75, 3.05) is 6.54 Å². The van der Waals surface area contributed by atoms with Crippen LogP contribution in [0.5, 0.6) is 0 Å². The van der Waals surface area contributed by atoms with Crippen LogP contribution in [0.25, 0.3) is 0 Å². The molecule has 84 valence electrons. The van der Waals surface area contributed by atoms with E-state index in [0.29, 0.717) is 12.2 Å². The normalized spacial score (nSPS) is 10.2. The number of hydrogen-bond donors (Lipinski definition) is 1. The zero-order valence-corrected chi connectivity index (χ0v) is 8.67. The highest BCUT2D eigenvalue weighted by atomic mass is 16.5. The van der Waals surface area contributed by atoms with Crippen molar-refractivity contribution < 1.29 is 9.32 Å². The van der Waals surface area contributed by atoms with Gasteiger partial charge in [0.15, 0.2) is 5.69 Å². The smallest absolute Gasteiger partial charge is 0.273 e. The Kier molecular flexibility index (Phi) is 3.32. The van der Waals surface area contributed by atoms with Gasteiger partial charge in [-0.1, -0.05) is 5.16 Å². The minimum absolute atomic E-state index is 0.209. The van der Waals surface area contributed by atoms with Gasteiger partial charge in [-0.15, -0.1) is 0 Å². The average Bonchev–Trinajstić information content (AvgIpc) is 2.96. The topological polar surface area (TPSA) is 73.0 Å². The monoisotopic (exact) mass is 220 g/mol. The number of amides is 1. The summed E-state index contributed by atoms with van der Waals surface area (Å²) in [7, 11) is 0. The zero-order valence-electron chi connectivity index (χ0n) is 8.67. The Hall–Kier alpha value is -2.11. The van der Waals surface area contributed by atoms with Gasteiger partial charge >= 0.3 is 0 Å². The van der Waals surface area contributed by atoms with Crippen LogP contribution in [0.1, 0.15) is 16.9 Å². The molecule has 0 unspecified atom stereocenters. The van der Waals surface area contributed by atoms with Crippen molar-refractivity contribution in [3.63, 3.8) is 0 Å². The number of aryl methyl sites for hydroxylation is 1. The van der Waals surface area contributed by atoms with Crippen LogP contribution < -0.4 is 5.32 Å². The van der Waals surface area contributed by atoms with E-state index in [1.165, 1.54) is 12.3 Å². The minimum Gasteiger partial charge on any atom is -0.364 e. The van der Waals surface area contributed by atoms with Crippen LogP contribution >= 0.6 is 0 Å². The number of nitrogens with zero attached hydrogens (tertiary/aromatic N) is 3. The molecule has 0 aliphatic rings. The van der Waals surface area contributed by atoms with Crippen molar-refractivity contribution >= 4 is 5.91 Å². The minimum atomic E-state index is -0.209. The lowest BCUT2D eigenvalue weighted by molar-refractivity contribution is 0.0943. The summed E-state index contributed by atoms with van der Waals surface area (Å²) in [6.07, 6.45) is 7.59. The van der Waals surface area contributed by atoms with Gasteiger partial charge in [0.1, 0.15) is 6.26 Å². The standard InChI is InChI=1S/C10H12N4O2/c15-10(9-2-7-16-13-9)12-3-1-5-14-6-4-11-8-14/h2,4,6-8H,1,3,5H2,(H,12,15). The van der Waals surface area contributed by atoms with Gasteiger partial charge in [0.2, 0.25) is 0 Å². The number of rotatable bonds is 5. The molecule has 0 fully saturated rings. The zero-order chi connectivity index (χ0) is 11.2. The van der Waals surface area contributed by atoms with E-state index in [-0.39, 0.29) is 5.91 Å². The molecule has 0 aliphatic heterocycles. The van der Waals surface area contributed by atoms with Gasteiger partial charge in [-0.25, -0.2) is 4.98 Å². The van der Waals surface area contributed by atoms with E-state index >= 15 is 0 Å². The van der Waals surface area contributed by atoms with Crippen LogP contribution in [0.3, 0.4) is 0 Å². The van der Waals surface area contributed by atoms with E-state index in [9.17, 15) is 4.79 Å². The van der Waals surface area contributed by atoms with Crippen molar-refractivity contribution in [2.45, 2.75) is 13.0 Å². The number of hydrogen-bond acceptors (Lipinski definition) is 4. The van der Waals surface area contributed by atoms with Gasteiger partial charge in [0.25, 0.3) is 5.91 Å². The molecule has 1 amide bonds. The molecular formula is C10H12N4O2. The second kappa shape index (κ2) is 5.11. The van der Waals surface area contributed by atoms with E-state index in [4.69, 9.17) is 0 Å². The maximum atomic E-state index is 11.4. The largest absolute Gasteiger partial charge is 0.364 e. The van der Waals surface area contributed by atoms with Crippen molar-refractivity contribution in [3.8, 4) is 0 Å². The molecule has 0 saturated carbocycles. The number of aromatic nitrogens is 3. The third kappa shape index (κ3) is 2.69. The van der Waals surface area contributed by atoms with E-state index in [2.05, 4.69) is 20.0 Å². The summed E-state index contributed by atoms with van der Waals surface area (Å²) in [5, 5.41) is 6.29. The molecule has 0 atom stereocenters. The summed E-state index contributed by atoms with van der Waals surface area (Å²) in [6, 6.07) is 1.53. The SMILES string of the molecule is O=C(NCCCn1ccnc1)c1ccon1. The lowest BCUT2D eigenvalue weighted by atomic mass is 10.3. The number of carbonyl (C=O) groups is 1. The van der Waals surface area contributed by atoms with Crippen LogP contribution in [-0.2, 0) is 6.54 Å². The van der Waals surface area contributed by atoms with E-state index in [0.717, 1.165) is 13.0 Å². The maximum Gasteiger partial charge on any atom is 0.273 e. The van der Waals surface area contributed by atoms with Gasteiger partial charge < -0.3 is 14.4 Å². The lowest BCUT2D eigenvalue weighted by Gasteiger charge is -2.03. The predicted molar refractivity (Wildman–Crippen MR) is 55.7 cm³/mol. The van der Waals surface area contributed by atoms with Crippen LogP contribution in [-0.4, -0.2) is 27.2 Å². The van der Waals surface area contributed by atoms with Crippen LogP contribution in [0.2, 0.25) is 0 Å². The molecule has 0 saturated heterocycles. The van der Waals surface area contributed by atoms with Gasteiger partial charge in [-0.3, -0.25) is 4.79 Å². The quantitative estimate of drug-likeness (QED) is 0.752. The molecule has 2 aromatic heterocycles. The van der Waals surface area contributed by atoms with Crippen molar-refractivity contribution in [3.05, 3.63) is 36.7 Å². The van der Waals surface area contributed by atoms with E-state index < -0.39 is 0 Å². The molecular weight excluding hydrogens is 208 g/mol. The molecule has 6 heteroatoms. The molecule has 2 rings (SSSR count). The first kappa shape index (κ1) is 10.4. The Bertz CT molecular complexity index is 422. The van der Waals surface area contributed by atoms with Crippen LogP contribution in [0.4, 0.5) is 0 Å². The fourth-order valence-corrected chi connectivity index (χ4v) is 1.30. The van der Waals surface area contributed by atoms with Gasteiger partial charge in [-0.05, 0) is 6.42 Å². The summed E-state index contributed by atoms with van der Waals surface area (Å²) in [5.74, 6) is -0.209. The Labute approximate surface area is 92.3 Å². The summed E-state index contributed by atoms with van der Waals surface area (Å²) in [5.41, 5.74) is 0.308. The summed E-state index contributed by atoms with van der Waals surface area (Å²) < 4.78 is 6.54. The molecule has 0 bridgehead atoms. The second-order valence-corrected chi connectivity index (χ2v) is 3.29. The fraction of sp³-hybridized carbons (Fsp3) is 0.300. The molecule has 0 aromatic carbocycles. The predicted octanol–water partition coefficient (Wildman–Crippen LogP) is 0.691. The average molecular weight is 220 g/mol. The summed E-state index contributed by atoms with van der Waals surface area (Å²) >= 11 is 0. The van der Waals surface area contributed by atoms with Crippen molar-refractivity contribution in [1.29, 1.82) is 0 Å². The maximum absolute atomic E-state index is 11.4. The second-order valence-electron chi connectivity index (χ2n) is 3.29. The van der Waals surface area contributed by atoms with E-state index in [1.807, 2.05) is 10.8 Å². The molecule has 2 heterocycles. The summed E-state index contributed by atoms with van der Waals surface area (Å²) in [6.45, 7) is 1.43. The van der Waals surface area contributed by atoms with Crippen molar-refractivity contribution in [2.24, 2.45) is 0 Å². The lowest BCUT2D eigenvalue weighted by Crippen LogP contribution is -2.25. The molecule has 0 spiro atoms. The molecule has 1 N–H and O–H groups in total. The number of imidazole rings is 1. The highest BCUT2D eigenvalue weighted by molar-refractivity contribution is 5.91. The van der Waals surface area contributed by atoms with Gasteiger partial charge in [-0.2, -0.15) is 0 Å². The van der Waals surface area contributed by atoms with E-state index in [1.54, 1.807) is 12.5 Å². The first-order chi connectivity index (χ1) is 7.86. The third-order valence-corrected chi connectivity index (χ3v) is 2.11. The van der Waals surface area contributed by atoms with Gasteiger partial charge in [0, 0.05) is 31.5 Å². The summed E-state index contributed by atoms with van der Waals surface area (Å²) in [4.78, 5) is 15.3. The number of carbonyl (C=O) groups excluding carboxylic acids is 1. The fourth-order valence-electron chi connectivity index (χ4n) is 1.30. The Balaban J connectivity index is 1.67. The molecule has 6 nitrogen and oxygen atoms in total. The first-order valence-electron chi connectivity index (χ1n) is 5.00. The Morgan fingerprint density at radius 2 is 2.50 bits per heavy atom. The van der Waals surface area contributed by atoms with Crippen LogP contribution in [0, 0.1) is 0 Å².